The molecule has 0 radical (unpaired) electrons. The average molecular weight is 308 g/mol. The zero-order chi connectivity index (χ0) is 16.5. The van der Waals surface area contributed by atoms with Crippen LogP contribution in [-0.2, 0) is 0 Å². The van der Waals surface area contributed by atoms with Gasteiger partial charge in [0.15, 0.2) is 5.82 Å². The predicted octanol–water partition coefficient (Wildman–Crippen LogP) is 2.72. The Kier molecular flexibility index (Phi) is 4.80. The Morgan fingerprint density at radius 1 is 1.45 bits per heavy atom. The second kappa shape index (κ2) is 6.28. The number of amides is 2. The average Bonchev–Trinajstić information content (AvgIpc) is 2.85. The number of aliphatic hydroxyl groups is 1. The molecule has 2 heterocycles. The van der Waals surface area contributed by atoms with Crippen LogP contribution in [0, 0.1) is 11.3 Å². The van der Waals surface area contributed by atoms with Gasteiger partial charge in [0.05, 0.1) is 6.10 Å². The number of likely N-dealkylation sites (tertiary alicyclic amines) is 1. The minimum Gasteiger partial charge on any atom is -0.391 e. The van der Waals surface area contributed by atoms with E-state index < -0.39 is 6.10 Å². The molecule has 1 fully saturated rings. The zero-order valence-corrected chi connectivity index (χ0v) is 14.2. The number of hydrogen-bond donors (Lipinski definition) is 2. The fourth-order valence-electron chi connectivity index (χ4n) is 3.01. The summed E-state index contributed by atoms with van der Waals surface area (Å²) in [6.07, 6.45) is 2.19. The molecule has 2 atom stereocenters. The molecular formula is C16H28N4O2. The summed E-state index contributed by atoms with van der Waals surface area (Å²) < 4.78 is 1.80. The molecule has 0 spiro atoms. The van der Waals surface area contributed by atoms with Crippen LogP contribution in [0.2, 0.25) is 0 Å². The number of hydrogen-bond acceptors (Lipinski definition) is 3. The highest BCUT2D eigenvalue weighted by Crippen LogP contribution is 2.34. The van der Waals surface area contributed by atoms with Gasteiger partial charge in [0.25, 0.3) is 0 Å². The van der Waals surface area contributed by atoms with Gasteiger partial charge in [-0.2, -0.15) is 5.10 Å². The summed E-state index contributed by atoms with van der Waals surface area (Å²) in [5.74, 6) is 0.767. The Hall–Kier alpha value is -1.56. The molecule has 2 unspecified atom stereocenters. The van der Waals surface area contributed by atoms with Crippen molar-refractivity contribution in [1.29, 1.82) is 0 Å². The van der Waals surface area contributed by atoms with Crippen LogP contribution in [0.1, 0.15) is 47.1 Å². The lowest BCUT2D eigenvalue weighted by Gasteiger charge is -2.42. The zero-order valence-electron chi connectivity index (χ0n) is 14.2. The smallest absolute Gasteiger partial charge is 0.323 e. The van der Waals surface area contributed by atoms with E-state index in [1.165, 1.54) is 0 Å². The summed E-state index contributed by atoms with van der Waals surface area (Å²) in [4.78, 5) is 14.0. The minimum absolute atomic E-state index is 0.0536. The highest BCUT2D eigenvalue weighted by molar-refractivity contribution is 5.88. The molecule has 6 heteroatoms. The predicted molar refractivity (Wildman–Crippen MR) is 86.8 cm³/mol. The summed E-state index contributed by atoms with van der Waals surface area (Å²) in [7, 11) is 0. The molecule has 0 aromatic carbocycles. The van der Waals surface area contributed by atoms with Crippen LogP contribution in [0.3, 0.4) is 0 Å². The second-order valence-corrected chi connectivity index (χ2v) is 7.48. The molecule has 1 aromatic heterocycles. The first-order valence-electron chi connectivity index (χ1n) is 7.97. The highest BCUT2D eigenvalue weighted by atomic mass is 16.3. The van der Waals surface area contributed by atoms with Crippen LogP contribution in [0.15, 0.2) is 12.3 Å². The van der Waals surface area contributed by atoms with Gasteiger partial charge in [0.1, 0.15) is 0 Å². The third kappa shape index (κ3) is 3.80. The second-order valence-electron chi connectivity index (χ2n) is 7.48. The quantitative estimate of drug-likeness (QED) is 0.882. The molecule has 2 N–H and O–H groups in total. The number of piperidine rings is 1. The van der Waals surface area contributed by atoms with Gasteiger partial charge in [0, 0.05) is 31.4 Å². The van der Waals surface area contributed by atoms with Crippen LogP contribution in [0.25, 0.3) is 0 Å². The van der Waals surface area contributed by atoms with Gasteiger partial charge in [-0.3, -0.25) is 10.00 Å². The molecule has 0 bridgehead atoms. The molecule has 2 amide bonds. The van der Waals surface area contributed by atoms with Gasteiger partial charge >= 0.3 is 6.03 Å². The van der Waals surface area contributed by atoms with E-state index in [9.17, 15) is 9.90 Å². The molecule has 1 aliphatic rings. The lowest BCUT2D eigenvalue weighted by atomic mass is 9.74. The van der Waals surface area contributed by atoms with E-state index in [2.05, 4.69) is 31.2 Å². The Morgan fingerprint density at radius 2 is 2.14 bits per heavy atom. The third-order valence-corrected chi connectivity index (χ3v) is 4.35. The van der Waals surface area contributed by atoms with Crippen LogP contribution in [-0.4, -0.2) is 45.0 Å². The van der Waals surface area contributed by atoms with Crippen LogP contribution in [0.4, 0.5) is 10.6 Å². The van der Waals surface area contributed by atoms with E-state index in [0.29, 0.717) is 18.9 Å². The monoisotopic (exact) mass is 308 g/mol. The third-order valence-electron chi connectivity index (χ3n) is 4.35. The number of nitrogens with zero attached hydrogens (tertiary/aromatic N) is 3. The summed E-state index contributed by atoms with van der Waals surface area (Å²) in [5.41, 5.74) is 0.0536. The molecule has 1 aliphatic heterocycles. The SMILES string of the molecule is CC(C)n1ccc(NC(=O)N2CCC(C(C)(C)C)C(O)C2)n1. The number of β-amino-alcohol motifs (C(OH)–C–C–N with tert-alkyl or cyclic N) is 1. The molecule has 1 saturated heterocycles. The summed E-state index contributed by atoms with van der Waals surface area (Å²) >= 11 is 0. The van der Waals surface area contributed by atoms with Gasteiger partial charge in [-0.15, -0.1) is 0 Å². The Bertz CT molecular complexity index is 518. The molecular weight excluding hydrogens is 280 g/mol. The molecule has 0 aliphatic carbocycles. The molecule has 6 nitrogen and oxygen atoms in total. The Morgan fingerprint density at radius 3 is 2.64 bits per heavy atom. The van der Waals surface area contributed by atoms with Crippen LogP contribution >= 0.6 is 0 Å². The summed E-state index contributed by atoms with van der Waals surface area (Å²) in [6.45, 7) is 11.5. The van der Waals surface area contributed by atoms with Crippen molar-refractivity contribution in [3.8, 4) is 0 Å². The van der Waals surface area contributed by atoms with Gasteiger partial charge < -0.3 is 10.0 Å². The first-order valence-corrected chi connectivity index (χ1v) is 7.97. The van der Waals surface area contributed by atoms with E-state index in [1.54, 1.807) is 15.6 Å². The lowest BCUT2D eigenvalue weighted by Crippen LogP contribution is -2.51. The Balaban J connectivity index is 1.94. The van der Waals surface area contributed by atoms with Gasteiger partial charge in [0.2, 0.25) is 0 Å². The largest absolute Gasteiger partial charge is 0.391 e. The summed E-state index contributed by atoms with van der Waals surface area (Å²) in [6, 6.07) is 1.85. The van der Waals surface area contributed by atoms with Crippen LogP contribution in [0.5, 0.6) is 0 Å². The van der Waals surface area contributed by atoms with E-state index >= 15 is 0 Å². The molecule has 124 valence electrons. The normalized spacial score (nSPS) is 23.0. The van der Waals surface area contributed by atoms with Crippen molar-refractivity contribution in [2.45, 2.75) is 53.2 Å². The maximum atomic E-state index is 12.3. The van der Waals surface area contributed by atoms with E-state index in [1.807, 2.05) is 20.0 Å². The first-order chi connectivity index (χ1) is 10.2. The van der Waals surface area contributed by atoms with Crippen LogP contribution < -0.4 is 5.32 Å². The van der Waals surface area contributed by atoms with Crippen molar-refractivity contribution in [3.63, 3.8) is 0 Å². The fourth-order valence-corrected chi connectivity index (χ4v) is 3.01. The number of aliphatic hydroxyl groups excluding tert-OH is 1. The standard InChI is InChI=1S/C16H28N4O2/c1-11(2)20-9-7-14(18-20)17-15(22)19-8-6-12(13(21)10-19)16(3,4)5/h7,9,11-13,21H,6,8,10H2,1-5H3,(H,17,18,22). The van der Waals surface area contributed by atoms with Gasteiger partial charge in [-0.25, -0.2) is 4.79 Å². The number of rotatable bonds is 2. The number of nitrogens with one attached hydrogen (secondary N) is 1. The van der Waals surface area contributed by atoms with E-state index in [4.69, 9.17) is 0 Å². The van der Waals surface area contributed by atoms with E-state index in [-0.39, 0.29) is 23.4 Å². The van der Waals surface area contributed by atoms with E-state index in [0.717, 1.165) is 6.42 Å². The van der Waals surface area contributed by atoms with Crippen molar-refractivity contribution in [3.05, 3.63) is 12.3 Å². The summed E-state index contributed by atoms with van der Waals surface area (Å²) in [5, 5.41) is 17.4. The van der Waals surface area contributed by atoms with Crippen molar-refractivity contribution < 1.29 is 9.90 Å². The molecule has 0 saturated carbocycles. The number of carbonyl (C=O) groups excluding carboxylic acids is 1. The van der Waals surface area contributed by atoms with Crippen molar-refractivity contribution in [2.75, 3.05) is 18.4 Å². The molecule has 1 aromatic rings. The number of carbonyl (C=O) groups is 1. The number of aromatic nitrogens is 2. The molecule has 2 rings (SSSR count). The minimum atomic E-state index is -0.479. The van der Waals surface area contributed by atoms with Gasteiger partial charge in [-0.05, 0) is 31.6 Å². The number of urea groups is 1. The lowest BCUT2D eigenvalue weighted by molar-refractivity contribution is -0.0108. The topological polar surface area (TPSA) is 70.4 Å². The maximum Gasteiger partial charge on any atom is 0.323 e. The number of anilines is 1. The maximum absolute atomic E-state index is 12.3. The van der Waals surface area contributed by atoms with Gasteiger partial charge in [-0.1, -0.05) is 20.8 Å². The fraction of sp³-hybridized carbons (Fsp3) is 0.750. The first kappa shape index (κ1) is 16.8. The van der Waals surface area contributed by atoms with Crippen molar-refractivity contribution in [1.82, 2.24) is 14.7 Å². The van der Waals surface area contributed by atoms with Crippen molar-refractivity contribution in [2.24, 2.45) is 11.3 Å². The molecule has 22 heavy (non-hydrogen) atoms. The van der Waals surface area contributed by atoms with Crippen molar-refractivity contribution >= 4 is 11.8 Å². The Labute approximate surface area is 132 Å². The highest BCUT2D eigenvalue weighted by Gasteiger charge is 2.37.